The van der Waals surface area contributed by atoms with Crippen LogP contribution in [0.1, 0.15) is 28.1 Å². The van der Waals surface area contributed by atoms with E-state index in [4.69, 9.17) is 5.11 Å². The first kappa shape index (κ1) is 12.5. The second kappa shape index (κ2) is 5.62. The van der Waals surface area contributed by atoms with Crippen molar-refractivity contribution in [3.63, 3.8) is 0 Å². The molecular weight excluding hydrogens is 236 g/mol. The number of carboxylic acid groups (broad SMARTS) is 1. The quantitative estimate of drug-likeness (QED) is 0.726. The molecule has 1 aromatic rings. The van der Waals surface area contributed by atoms with Crippen LogP contribution < -0.4 is 5.32 Å². The van der Waals surface area contributed by atoms with Crippen LogP contribution in [0.2, 0.25) is 0 Å². The summed E-state index contributed by atoms with van der Waals surface area (Å²) in [5.41, 5.74) is 0.886. The summed E-state index contributed by atoms with van der Waals surface area (Å²) in [6.45, 7) is 2.57. The molecule has 1 heterocycles. The van der Waals surface area contributed by atoms with Gasteiger partial charge in [-0.2, -0.15) is 0 Å². The van der Waals surface area contributed by atoms with Crippen LogP contribution in [0.4, 0.5) is 0 Å². The van der Waals surface area contributed by atoms with Crippen molar-refractivity contribution in [3.05, 3.63) is 21.9 Å². The van der Waals surface area contributed by atoms with Gasteiger partial charge in [-0.05, 0) is 36.9 Å². The van der Waals surface area contributed by atoms with Gasteiger partial charge in [0.1, 0.15) is 4.88 Å². The van der Waals surface area contributed by atoms with E-state index in [1.165, 1.54) is 24.2 Å². The first-order chi connectivity index (χ1) is 8.18. The molecule has 4 nitrogen and oxygen atoms in total. The molecule has 0 spiro atoms. The molecule has 1 aliphatic carbocycles. The molecule has 1 saturated carbocycles. The van der Waals surface area contributed by atoms with E-state index in [-0.39, 0.29) is 0 Å². The van der Waals surface area contributed by atoms with E-state index in [0.29, 0.717) is 11.4 Å². The average Bonchev–Trinajstić information content (AvgIpc) is 3.03. The molecule has 1 aliphatic rings. The van der Waals surface area contributed by atoms with E-state index in [2.05, 4.69) is 17.3 Å². The van der Waals surface area contributed by atoms with Gasteiger partial charge in [0.05, 0.1) is 0 Å². The van der Waals surface area contributed by atoms with Gasteiger partial charge in [0.25, 0.3) is 0 Å². The van der Waals surface area contributed by atoms with Gasteiger partial charge in [0.2, 0.25) is 0 Å². The van der Waals surface area contributed by atoms with Crippen molar-refractivity contribution in [2.45, 2.75) is 25.4 Å². The molecule has 1 fully saturated rings. The fraction of sp³-hybridized carbons (Fsp3) is 0.583. The highest BCUT2D eigenvalue weighted by molar-refractivity contribution is 7.12. The monoisotopic (exact) mass is 254 g/mol. The molecule has 0 aromatic carbocycles. The number of carboxylic acids is 1. The summed E-state index contributed by atoms with van der Waals surface area (Å²) in [4.78, 5) is 13.7. The number of likely N-dealkylation sites (N-methyl/N-ethyl adjacent to an activating group) is 1. The molecule has 0 aliphatic heterocycles. The summed E-state index contributed by atoms with van der Waals surface area (Å²) in [6.07, 6.45) is 2.65. The minimum Gasteiger partial charge on any atom is -0.477 e. The number of thiophene rings is 1. The summed E-state index contributed by atoms with van der Waals surface area (Å²) >= 11 is 1.29. The van der Waals surface area contributed by atoms with E-state index < -0.39 is 5.97 Å². The second-order valence-corrected chi connectivity index (χ2v) is 5.38. The van der Waals surface area contributed by atoms with E-state index in [0.717, 1.165) is 24.7 Å². The molecule has 17 heavy (non-hydrogen) atoms. The normalized spacial score (nSPS) is 15.4. The van der Waals surface area contributed by atoms with E-state index in [9.17, 15) is 4.79 Å². The van der Waals surface area contributed by atoms with Gasteiger partial charge in [-0.25, -0.2) is 4.79 Å². The van der Waals surface area contributed by atoms with Gasteiger partial charge in [0, 0.05) is 25.7 Å². The Balaban J connectivity index is 1.70. The number of hydrogen-bond donors (Lipinski definition) is 2. The van der Waals surface area contributed by atoms with Crippen LogP contribution >= 0.6 is 11.3 Å². The van der Waals surface area contributed by atoms with Crippen LogP contribution in [0.15, 0.2) is 11.4 Å². The van der Waals surface area contributed by atoms with E-state index in [1.807, 2.05) is 11.4 Å². The Morgan fingerprint density at radius 1 is 1.65 bits per heavy atom. The lowest BCUT2D eigenvalue weighted by Gasteiger charge is -2.15. The smallest absolute Gasteiger partial charge is 0.346 e. The van der Waals surface area contributed by atoms with Gasteiger partial charge in [-0.1, -0.05) is 0 Å². The largest absolute Gasteiger partial charge is 0.477 e. The van der Waals surface area contributed by atoms with Crippen LogP contribution in [0.3, 0.4) is 0 Å². The highest BCUT2D eigenvalue weighted by atomic mass is 32.1. The minimum absolute atomic E-state index is 0.452. The van der Waals surface area contributed by atoms with Gasteiger partial charge >= 0.3 is 5.97 Å². The number of rotatable bonds is 7. The molecule has 0 radical (unpaired) electrons. The lowest BCUT2D eigenvalue weighted by atomic mass is 10.2. The summed E-state index contributed by atoms with van der Waals surface area (Å²) < 4.78 is 0. The van der Waals surface area contributed by atoms with Crippen LogP contribution in [-0.2, 0) is 6.54 Å². The van der Waals surface area contributed by atoms with Gasteiger partial charge < -0.3 is 15.3 Å². The van der Waals surface area contributed by atoms with Crippen molar-refractivity contribution in [2.75, 3.05) is 20.1 Å². The van der Waals surface area contributed by atoms with Crippen molar-refractivity contribution in [1.29, 1.82) is 0 Å². The number of nitrogens with one attached hydrogen (secondary N) is 1. The lowest BCUT2D eigenvalue weighted by Crippen LogP contribution is -2.30. The molecular formula is C12H18N2O2S. The third-order valence-electron chi connectivity index (χ3n) is 3.07. The molecule has 0 amide bonds. The topological polar surface area (TPSA) is 52.6 Å². The molecule has 0 atom stereocenters. The van der Waals surface area contributed by atoms with Gasteiger partial charge in [-0.3, -0.25) is 0 Å². The first-order valence-corrected chi connectivity index (χ1v) is 6.77. The molecule has 5 heteroatoms. The molecule has 1 aromatic heterocycles. The molecule has 0 saturated heterocycles. The Hall–Kier alpha value is -0.910. The Morgan fingerprint density at radius 3 is 3.06 bits per heavy atom. The number of aromatic carboxylic acids is 1. The molecule has 94 valence electrons. The summed E-state index contributed by atoms with van der Waals surface area (Å²) in [5.74, 6) is -0.827. The maximum atomic E-state index is 10.9. The zero-order valence-electron chi connectivity index (χ0n) is 9.98. The van der Waals surface area contributed by atoms with Crippen molar-refractivity contribution >= 4 is 17.3 Å². The van der Waals surface area contributed by atoms with Gasteiger partial charge in [-0.15, -0.1) is 11.3 Å². The highest BCUT2D eigenvalue weighted by Gasteiger charge is 2.25. The third-order valence-corrected chi connectivity index (χ3v) is 4.01. The van der Waals surface area contributed by atoms with Gasteiger partial charge in [0.15, 0.2) is 0 Å². The van der Waals surface area contributed by atoms with Crippen molar-refractivity contribution in [2.24, 2.45) is 0 Å². The van der Waals surface area contributed by atoms with Crippen LogP contribution in [-0.4, -0.2) is 42.2 Å². The van der Waals surface area contributed by atoms with Crippen molar-refractivity contribution in [1.82, 2.24) is 10.2 Å². The predicted molar refractivity (Wildman–Crippen MR) is 68.6 cm³/mol. The molecule has 0 bridgehead atoms. The minimum atomic E-state index is -0.827. The van der Waals surface area contributed by atoms with Crippen molar-refractivity contribution in [3.8, 4) is 0 Å². The van der Waals surface area contributed by atoms with Crippen LogP contribution in [0.5, 0.6) is 0 Å². The van der Waals surface area contributed by atoms with Crippen LogP contribution in [0, 0.1) is 0 Å². The van der Waals surface area contributed by atoms with E-state index >= 15 is 0 Å². The fourth-order valence-corrected chi connectivity index (χ4v) is 2.60. The number of carbonyl (C=O) groups is 1. The maximum Gasteiger partial charge on any atom is 0.346 e. The molecule has 2 N–H and O–H groups in total. The summed E-state index contributed by atoms with van der Waals surface area (Å²) in [5, 5.41) is 14.1. The summed E-state index contributed by atoms with van der Waals surface area (Å²) in [6, 6.07) is 2.67. The summed E-state index contributed by atoms with van der Waals surface area (Å²) in [7, 11) is 2.15. The Bertz CT molecular complexity index is 388. The third kappa shape index (κ3) is 3.52. The molecule has 0 unspecified atom stereocenters. The first-order valence-electron chi connectivity index (χ1n) is 5.89. The van der Waals surface area contributed by atoms with E-state index in [1.54, 1.807) is 0 Å². The zero-order valence-corrected chi connectivity index (χ0v) is 10.8. The second-order valence-electron chi connectivity index (χ2n) is 4.47. The standard InChI is InChI=1S/C12H18N2O2S/c1-14(10-2-3-10)6-5-13-8-9-4-7-17-11(9)12(15)16/h4,7,10,13H,2-3,5-6,8H2,1H3,(H,15,16). The zero-order chi connectivity index (χ0) is 12.3. The lowest BCUT2D eigenvalue weighted by molar-refractivity contribution is 0.0701. The van der Waals surface area contributed by atoms with Crippen LogP contribution in [0.25, 0.3) is 0 Å². The highest BCUT2D eigenvalue weighted by Crippen LogP contribution is 2.24. The molecule has 2 rings (SSSR count). The number of hydrogen-bond acceptors (Lipinski definition) is 4. The average molecular weight is 254 g/mol. The fourth-order valence-electron chi connectivity index (χ4n) is 1.84. The van der Waals surface area contributed by atoms with Crippen molar-refractivity contribution < 1.29 is 9.90 Å². The Kier molecular flexibility index (Phi) is 4.15. The maximum absolute atomic E-state index is 10.9. The SMILES string of the molecule is CN(CCNCc1ccsc1C(=O)O)C1CC1. The number of nitrogens with zero attached hydrogens (tertiary/aromatic N) is 1. The Labute approximate surface area is 105 Å². The Morgan fingerprint density at radius 2 is 2.41 bits per heavy atom. The predicted octanol–water partition coefficient (Wildman–Crippen LogP) is 1.63.